The normalized spacial score (nSPS) is 15.5. The molecule has 0 amide bonds. The molecule has 1 rings (SSSR count). The Hall–Kier alpha value is -0.860. The molecule has 1 aromatic rings. The summed E-state index contributed by atoms with van der Waals surface area (Å²) in [5, 5.41) is 9.10. The van der Waals surface area contributed by atoms with Crippen molar-refractivity contribution in [3.8, 4) is 0 Å². The topological polar surface area (TPSA) is 29.5 Å². The molecule has 0 saturated heterocycles. The number of hydrogen-bond donors (Lipinski definition) is 1. The standard InChI is InChI=1S/C10H14O2/c1-9(11)7-12-8-10-5-3-2-4-6-10/h2-6,9,11H,7-8H2,1H3/i1D2. The highest BCUT2D eigenvalue weighted by Crippen LogP contribution is 2.00. The molecular weight excluding hydrogens is 152 g/mol. The molecule has 0 radical (unpaired) electrons. The highest BCUT2D eigenvalue weighted by molar-refractivity contribution is 5.13. The molecule has 0 aliphatic heterocycles. The van der Waals surface area contributed by atoms with Gasteiger partial charge in [0.1, 0.15) is 0 Å². The predicted octanol–water partition coefficient (Wildman–Crippen LogP) is 1.58. The predicted molar refractivity (Wildman–Crippen MR) is 47.8 cm³/mol. The molecule has 0 aliphatic carbocycles. The second-order valence-electron chi connectivity index (χ2n) is 2.57. The van der Waals surface area contributed by atoms with Crippen LogP contribution in [0.25, 0.3) is 0 Å². The van der Waals surface area contributed by atoms with Crippen molar-refractivity contribution < 1.29 is 12.6 Å². The lowest BCUT2D eigenvalue weighted by atomic mass is 10.2. The maximum atomic E-state index is 9.10. The first-order valence-electron chi connectivity index (χ1n) is 5.00. The van der Waals surface area contributed by atoms with Crippen LogP contribution in [-0.4, -0.2) is 17.8 Å². The van der Waals surface area contributed by atoms with E-state index in [0.717, 1.165) is 5.56 Å². The van der Waals surface area contributed by atoms with Gasteiger partial charge in [-0.2, -0.15) is 0 Å². The van der Waals surface area contributed by atoms with Gasteiger partial charge in [-0.25, -0.2) is 0 Å². The monoisotopic (exact) mass is 168 g/mol. The highest BCUT2D eigenvalue weighted by atomic mass is 16.5. The van der Waals surface area contributed by atoms with Crippen LogP contribution in [0.1, 0.15) is 15.2 Å². The van der Waals surface area contributed by atoms with E-state index >= 15 is 0 Å². The summed E-state index contributed by atoms with van der Waals surface area (Å²) >= 11 is 0. The van der Waals surface area contributed by atoms with E-state index in [9.17, 15) is 0 Å². The lowest BCUT2D eigenvalue weighted by Crippen LogP contribution is -2.09. The molecule has 1 N–H and O–H groups in total. The Morgan fingerprint density at radius 3 is 2.92 bits per heavy atom. The minimum atomic E-state index is -1.24. The van der Waals surface area contributed by atoms with Crippen molar-refractivity contribution in [2.24, 2.45) is 0 Å². The van der Waals surface area contributed by atoms with Crippen LogP contribution in [0, 0.1) is 0 Å². The maximum Gasteiger partial charge on any atom is 0.0745 e. The van der Waals surface area contributed by atoms with Crippen molar-refractivity contribution >= 4 is 0 Å². The summed E-state index contributed by atoms with van der Waals surface area (Å²) in [6, 6.07) is 9.58. The molecule has 1 atom stereocenters. The van der Waals surface area contributed by atoms with Crippen LogP contribution < -0.4 is 0 Å². The van der Waals surface area contributed by atoms with Crippen LogP contribution in [0.15, 0.2) is 30.3 Å². The first-order valence-corrected chi connectivity index (χ1v) is 3.84. The van der Waals surface area contributed by atoms with Crippen molar-refractivity contribution in [2.45, 2.75) is 19.6 Å². The highest BCUT2D eigenvalue weighted by Gasteiger charge is 1.95. The van der Waals surface area contributed by atoms with Gasteiger partial charge in [0.05, 0.1) is 19.3 Å². The van der Waals surface area contributed by atoms with Crippen molar-refractivity contribution in [1.82, 2.24) is 0 Å². The van der Waals surface area contributed by atoms with Gasteiger partial charge in [0, 0.05) is 2.74 Å². The summed E-state index contributed by atoms with van der Waals surface area (Å²) in [5.74, 6) is 0. The van der Waals surface area contributed by atoms with Gasteiger partial charge < -0.3 is 9.84 Å². The largest absolute Gasteiger partial charge is 0.391 e. The van der Waals surface area contributed by atoms with E-state index in [1.54, 1.807) is 0 Å². The van der Waals surface area contributed by atoms with Crippen LogP contribution in [0.5, 0.6) is 0 Å². The van der Waals surface area contributed by atoms with E-state index < -0.39 is 13.0 Å². The third-order valence-electron chi connectivity index (χ3n) is 1.40. The molecule has 1 unspecified atom stereocenters. The molecule has 0 heterocycles. The Bertz CT molecular complexity index is 252. The molecule has 0 saturated carbocycles. The fourth-order valence-corrected chi connectivity index (χ4v) is 0.872. The zero-order valence-corrected chi connectivity index (χ0v) is 6.81. The van der Waals surface area contributed by atoms with E-state index in [1.807, 2.05) is 30.3 Å². The van der Waals surface area contributed by atoms with Gasteiger partial charge >= 0.3 is 0 Å². The van der Waals surface area contributed by atoms with E-state index in [4.69, 9.17) is 12.6 Å². The third-order valence-corrected chi connectivity index (χ3v) is 1.40. The first-order chi connectivity index (χ1) is 6.70. The van der Waals surface area contributed by atoms with Crippen molar-refractivity contribution in [2.75, 3.05) is 6.61 Å². The molecule has 2 nitrogen and oxygen atoms in total. The molecule has 0 aliphatic rings. The van der Waals surface area contributed by atoms with E-state index in [0.29, 0.717) is 6.61 Å². The quantitative estimate of drug-likeness (QED) is 0.739. The SMILES string of the molecule is [2H]C([2H])C(O)COCc1ccccc1. The molecule has 66 valence electrons. The second-order valence-corrected chi connectivity index (χ2v) is 2.57. The fraction of sp³-hybridized carbons (Fsp3) is 0.400. The van der Waals surface area contributed by atoms with Gasteiger partial charge in [-0.05, 0) is 12.4 Å². The molecule has 0 bridgehead atoms. The van der Waals surface area contributed by atoms with Crippen LogP contribution in [0.2, 0.25) is 0 Å². The molecular formula is C10H14O2. The average Bonchev–Trinajstić information content (AvgIpc) is 2.19. The van der Waals surface area contributed by atoms with E-state index in [1.165, 1.54) is 0 Å². The van der Waals surface area contributed by atoms with Gasteiger partial charge in [0.2, 0.25) is 0 Å². The summed E-state index contributed by atoms with van der Waals surface area (Å²) in [6.07, 6.45) is -1.03. The molecule has 2 heteroatoms. The van der Waals surface area contributed by atoms with Gasteiger partial charge in [-0.1, -0.05) is 30.3 Å². The van der Waals surface area contributed by atoms with Gasteiger partial charge in [-0.3, -0.25) is 0 Å². The van der Waals surface area contributed by atoms with Crippen LogP contribution in [0.4, 0.5) is 0 Å². The number of hydrogen-bond acceptors (Lipinski definition) is 2. The third kappa shape index (κ3) is 3.51. The smallest absolute Gasteiger partial charge is 0.0745 e. The van der Waals surface area contributed by atoms with Crippen molar-refractivity contribution in [3.05, 3.63) is 35.9 Å². The molecule has 0 fully saturated rings. The molecule has 1 aromatic carbocycles. The number of rotatable bonds is 4. The Morgan fingerprint density at radius 2 is 2.25 bits per heavy atom. The number of aliphatic hydroxyl groups is 1. The van der Waals surface area contributed by atoms with Crippen LogP contribution in [0.3, 0.4) is 0 Å². The van der Waals surface area contributed by atoms with Crippen molar-refractivity contribution in [1.29, 1.82) is 0 Å². The van der Waals surface area contributed by atoms with E-state index in [2.05, 4.69) is 0 Å². The summed E-state index contributed by atoms with van der Waals surface area (Å²) in [6.45, 7) is -0.803. The summed E-state index contributed by atoms with van der Waals surface area (Å²) in [4.78, 5) is 0. The number of benzene rings is 1. The lowest BCUT2D eigenvalue weighted by Gasteiger charge is -2.05. The number of aliphatic hydroxyl groups excluding tert-OH is 1. The Balaban J connectivity index is 2.22. The minimum Gasteiger partial charge on any atom is -0.391 e. The molecule has 0 aromatic heterocycles. The van der Waals surface area contributed by atoms with E-state index in [-0.39, 0.29) is 6.61 Å². The second kappa shape index (κ2) is 4.91. The zero-order chi connectivity index (χ0) is 10.4. The van der Waals surface area contributed by atoms with Gasteiger partial charge in [0.15, 0.2) is 0 Å². The first kappa shape index (κ1) is 6.63. The molecule has 0 spiro atoms. The summed E-state index contributed by atoms with van der Waals surface area (Å²) < 4.78 is 19.0. The van der Waals surface area contributed by atoms with Crippen LogP contribution >= 0.6 is 0 Å². The summed E-state index contributed by atoms with van der Waals surface area (Å²) in [7, 11) is 0. The van der Waals surface area contributed by atoms with Crippen LogP contribution in [-0.2, 0) is 11.3 Å². The lowest BCUT2D eigenvalue weighted by molar-refractivity contribution is 0.0376. The Labute approximate surface area is 75.6 Å². The minimum absolute atomic E-state index is 0.0343. The van der Waals surface area contributed by atoms with Gasteiger partial charge in [-0.15, -0.1) is 0 Å². The van der Waals surface area contributed by atoms with Gasteiger partial charge in [0.25, 0.3) is 0 Å². The average molecular weight is 168 g/mol. The number of ether oxygens (including phenoxy) is 1. The summed E-state index contributed by atoms with van der Waals surface area (Å²) in [5.41, 5.74) is 1.02. The Kier molecular flexibility index (Phi) is 2.71. The molecule has 12 heavy (non-hydrogen) atoms. The zero-order valence-electron chi connectivity index (χ0n) is 8.81. The fourth-order valence-electron chi connectivity index (χ4n) is 0.872. The maximum absolute atomic E-state index is 9.10. The Morgan fingerprint density at radius 1 is 1.50 bits per heavy atom. The van der Waals surface area contributed by atoms with Crippen molar-refractivity contribution in [3.63, 3.8) is 0 Å².